The number of halogens is 1. The average molecular weight is 435 g/mol. The van der Waals surface area contributed by atoms with Crippen LogP contribution < -0.4 is 5.32 Å². The van der Waals surface area contributed by atoms with Crippen LogP contribution in [-0.4, -0.2) is 20.4 Å². The van der Waals surface area contributed by atoms with Crippen molar-refractivity contribution in [2.24, 2.45) is 0 Å². The van der Waals surface area contributed by atoms with Gasteiger partial charge < -0.3 is 5.32 Å². The van der Waals surface area contributed by atoms with Crippen LogP contribution in [0.3, 0.4) is 0 Å². The van der Waals surface area contributed by atoms with E-state index in [0.29, 0.717) is 12.1 Å². The van der Waals surface area contributed by atoms with Crippen molar-refractivity contribution < 1.29 is 4.79 Å². The molecule has 1 N–H and O–H groups in total. The van der Waals surface area contributed by atoms with Gasteiger partial charge in [0.25, 0.3) is 5.91 Å². The largest absolute Gasteiger partial charge is 0.348 e. The number of benzene rings is 2. The zero-order chi connectivity index (χ0) is 19.7. The summed E-state index contributed by atoms with van der Waals surface area (Å²) in [6.07, 6.45) is 1.75. The third-order valence-corrected chi connectivity index (χ3v) is 5.47. The topological polar surface area (TPSA) is 59.8 Å². The Hall–Kier alpha value is -2.99. The van der Waals surface area contributed by atoms with Gasteiger partial charge in [0.1, 0.15) is 11.3 Å². The summed E-state index contributed by atoms with van der Waals surface area (Å²) in [4.78, 5) is 21.8. The van der Waals surface area contributed by atoms with E-state index in [1.807, 2.05) is 73.0 Å². The quantitative estimate of drug-likeness (QED) is 0.504. The Morgan fingerprint density at radius 2 is 1.93 bits per heavy atom. The van der Waals surface area contributed by atoms with Gasteiger partial charge >= 0.3 is 0 Å². The number of aryl methyl sites for hydroxylation is 2. The van der Waals surface area contributed by atoms with Gasteiger partial charge in [-0.1, -0.05) is 40.2 Å². The summed E-state index contributed by atoms with van der Waals surface area (Å²) in [5, 5.41) is 2.99. The van der Waals surface area contributed by atoms with Crippen molar-refractivity contribution in [1.82, 2.24) is 19.9 Å². The van der Waals surface area contributed by atoms with Gasteiger partial charge in [-0.2, -0.15) is 0 Å². The Bertz CT molecular complexity index is 1180. The number of hydrogen-bond donors (Lipinski definition) is 1. The maximum Gasteiger partial charge on any atom is 0.251 e. The van der Waals surface area contributed by atoms with Gasteiger partial charge in [-0.05, 0) is 55.3 Å². The number of pyridine rings is 1. The second kappa shape index (κ2) is 7.56. The normalized spacial score (nSPS) is 11.0. The first-order valence-corrected chi connectivity index (χ1v) is 9.76. The minimum absolute atomic E-state index is 0.118. The van der Waals surface area contributed by atoms with E-state index < -0.39 is 0 Å². The molecule has 4 aromatic rings. The molecule has 0 unspecified atom stereocenters. The molecule has 0 radical (unpaired) electrons. The van der Waals surface area contributed by atoms with E-state index in [1.54, 1.807) is 6.20 Å². The average Bonchev–Trinajstić information content (AvgIpc) is 3.03. The number of aromatic nitrogens is 3. The van der Waals surface area contributed by atoms with Crippen molar-refractivity contribution in [3.05, 3.63) is 87.8 Å². The predicted molar refractivity (Wildman–Crippen MR) is 114 cm³/mol. The number of fused-ring (bicyclic) bond motifs is 1. The van der Waals surface area contributed by atoms with Gasteiger partial charge in [0.05, 0.1) is 5.69 Å². The van der Waals surface area contributed by atoms with Gasteiger partial charge in [-0.25, -0.2) is 9.97 Å². The van der Waals surface area contributed by atoms with Crippen LogP contribution in [0.1, 0.15) is 27.3 Å². The van der Waals surface area contributed by atoms with Gasteiger partial charge in [0.2, 0.25) is 0 Å². The molecule has 1 amide bonds. The van der Waals surface area contributed by atoms with Crippen LogP contribution in [0, 0.1) is 13.8 Å². The van der Waals surface area contributed by atoms with Crippen molar-refractivity contribution in [3.63, 3.8) is 0 Å². The van der Waals surface area contributed by atoms with E-state index in [0.717, 1.165) is 38.3 Å². The lowest BCUT2D eigenvalue weighted by Crippen LogP contribution is -2.23. The molecule has 0 fully saturated rings. The maximum atomic E-state index is 12.7. The van der Waals surface area contributed by atoms with Crippen LogP contribution in [0.4, 0.5) is 0 Å². The molecule has 0 aliphatic carbocycles. The zero-order valence-corrected chi connectivity index (χ0v) is 17.2. The molecular formula is C22H19BrN4O. The molecule has 2 aromatic carbocycles. The van der Waals surface area contributed by atoms with Crippen LogP contribution in [0.2, 0.25) is 0 Å². The number of nitrogens with zero attached hydrogens (tertiary/aromatic N) is 3. The molecule has 6 heteroatoms. The van der Waals surface area contributed by atoms with Crippen molar-refractivity contribution in [3.8, 4) is 5.69 Å². The summed E-state index contributed by atoms with van der Waals surface area (Å²) >= 11 is 3.51. The van der Waals surface area contributed by atoms with Gasteiger partial charge in [0.15, 0.2) is 5.65 Å². The highest BCUT2D eigenvalue weighted by molar-refractivity contribution is 9.10. The summed E-state index contributed by atoms with van der Waals surface area (Å²) in [7, 11) is 0. The molecule has 2 aromatic heterocycles. The van der Waals surface area contributed by atoms with Gasteiger partial charge in [0, 0.05) is 22.8 Å². The van der Waals surface area contributed by atoms with E-state index in [4.69, 9.17) is 0 Å². The highest BCUT2D eigenvalue weighted by Crippen LogP contribution is 2.23. The fourth-order valence-electron chi connectivity index (χ4n) is 3.22. The Morgan fingerprint density at radius 3 is 2.75 bits per heavy atom. The smallest absolute Gasteiger partial charge is 0.251 e. The summed E-state index contributed by atoms with van der Waals surface area (Å²) in [5.41, 5.74) is 5.22. The SMILES string of the molecule is Cc1ccc(C(=O)NCc2ccccc2Br)cc1-n1c(C)nc2cccnc21. The number of carbonyl (C=O) groups is 1. The van der Waals surface area contributed by atoms with Crippen LogP contribution in [0.15, 0.2) is 65.3 Å². The second-order valence-electron chi connectivity index (χ2n) is 6.62. The van der Waals surface area contributed by atoms with Gasteiger partial charge in [-0.15, -0.1) is 0 Å². The zero-order valence-electron chi connectivity index (χ0n) is 15.6. The lowest BCUT2D eigenvalue weighted by molar-refractivity contribution is 0.0951. The highest BCUT2D eigenvalue weighted by Gasteiger charge is 2.15. The standard InChI is InChI=1S/C22H19BrN4O/c1-14-9-10-16(22(28)25-13-17-6-3-4-7-18(17)23)12-20(14)27-15(2)26-19-8-5-11-24-21(19)27/h3-12H,13H2,1-2H3,(H,25,28). The van der Waals surface area contributed by atoms with Crippen LogP contribution in [0.5, 0.6) is 0 Å². The molecule has 0 aliphatic rings. The van der Waals surface area contributed by atoms with Crippen LogP contribution in [0.25, 0.3) is 16.9 Å². The Labute approximate surface area is 171 Å². The molecule has 0 spiro atoms. The molecule has 5 nitrogen and oxygen atoms in total. The molecule has 2 heterocycles. The Balaban J connectivity index is 1.66. The van der Waals surface area contributed by atoms with Crippen molar-refractivity contribution in [2.45, 2.75) is 20.4 Å². The molecule has 28 heavy (non-hydrogen) atoms. The van der Waals surface area contributed by atoms with Crippen molar-refractivity contribution >= 4 is 33.0 Å². The first-order chi connectivity index (χ1) is 13.5. The molecule has 0 bridgehead atoms. The first-order valence-electron chi connectivity index (χ1n) is 8.97. The molecular weight excluding hydrogens is 416 g/mol. The Kier molecular flexibility index (Phi) is 4.96. The molecule has 140 valence electrons. The van der Waals surface area contributed by atoms with E-state index in [2.05, 4.69) is 31.2 Å². The summed E-state index contributed by atoms with van der Waals surface area (Å²) in [6.45, 7) is 4.42. The third kappa shape index (κ3) is 3.43. The number of carbonyl (C=O) groups excluding carboxylic acids is 1. The predicted octanol–water partition coefficient (Wildman–Crippen LogP) is 4.73. The molecule has 0 aliphatic heterocycles. The van der Waals surface area contributed by atoms with E-state index in [9.17, 15) is 4.79 Å². The summed E-state index contributed by atoms with van der Waals surface area (Å²) in [6, 6.07) is 17.4. The minimum Gasteiger partial charge on any atom is -0.348 e. The molecule has 0 atom stereocenters. The van der Waals surface area contributed by atoms with Crippen molar-refractivity contribution in [2.75, 3.05) is 0 Å². The number of amides is 1. The first kappa shape index (κ1) is 18.4. The fourth-order valence-corrected chi connectivity index (χ4v) is 3.65. The molecule has 4 rings (SSSR count). The second-order valence-corrected chi connectivity index (χ2v) is 7.47. The van der Waals surface area contributed by atoms with Crippen molar-refractivity contribution in [1.29, 1.82) is 0 Å². The molecule has 0 saturated carbocycles. The monoisotopic (exact) mass is 434 g/mol. The molecule has 0 saturated heterocycles. The number of hydrogen-bond acceptors (Lipinski definition) is 3. The third-order valence-electron chi connectivity index (χ3n) is 4.69. The fraction of sp³-hybridized carbons (Fsp3) is 0.136. The maximum absolute atomic E-state index is 12.7. The Morgan fingerprint density at radius 1 is 1.11 bits per heavy atom. The highest BCUT2D eigenvalue weighted by atomic mass is 79.9. The summed E-state index contributed by atoms with van der Waals surface area (Å²) < 4.78 is 2.97. The lowest BCUT2D eigenvalue weighted by atomic mass is 10.1. The lowest BCUT2D eigenvalue weighted by Gasteiger charge is -2.13. The van der Waals surface area contributed by atoms with Crippen LogP contribution in [-0.2, 0) is 6.54 Å². The van der Waals surface area contributed by atoms with Crippen LogP contribution >= 0.6 is 15.9 Å². The van der Waals surface area contributed by atoms with E-state index in [-0.39, 0.29) is 5.91 Å². The van der Waals surface area contributed by atoms with E-state index in [1.165, 1.54) is 0 Å². The number of nitrogens with one attached hydrogen (secondary N) is 1. The summed E-state index contributed by atoms with van der Waals surface area (Å²) in [5.74, 6) is 0.717. The van der Waals surface area contributed by atoms with Gasteiger partial charge in [-0.3, -0.25) is 9.36 Å². The van der Waals surface area contributed by atoms with E-state index >= 15 is 0 Å². The minimum atomic E-state index is -0.118. The number of imidazole rings is 1. The number of rotatable bonds is 4.